The van der Waals surface area contributed by atoms with E-state index in [1.807, 2.05) is 72.8 Å². The van der Waals surface area contributed by atoms with E-state index < -0.39 is 11.9 Å². The molecule has 0 aliphatic heterocycles. The Hall–Kier alpha value is -4.42. The van der Waals surface area contributed by atoms with Crippen LogP contribution in [0.15, 0.2) is 121 Å². The first-order valence-corrected chi connectivity index (χ1v) is 16.8. The summed E-state index contributed by atoms with van der Waals surface area (Å²) in [6.07, 6.45) is 0. The van der Waals surface area contributed by atoms with Crippen LogP contribution in [0.2, 0.25) is 0 Å². The Balaban J connectivity index is 0.000000270. The maximum Gasteiger partial charge on any atom is 0.329 e. The van der Waals surface area contributed by atoms with Gasteiger partial charge in [-0.1, -0.05) is 121 Å². The Morgan fingerprint density at radius 1 is 0.400 bits per heavy atom. The van der Waals surface area contributed by atoms with E-state index in [1.165, 1.54) is 22.3 Å². The fourth-order valence-corrected chi connectivity index (χ4v) is 4.94. The van der Waals surface area contributed by atoms with E-state index in [0.29, 0.717) is 39.6 Å². The van der Waals surface area contributed by atoms with Crippen molar-refractivity contribution in [3.8, 4) is 0 Å². The maximum absolute atomic E-state index is 10.4. The van der Waals surface area contributed by atoms with E-state index in [9.17, 15) is 9.59 Å². The van der Waals surface area contributed by atoms with Crippen LogP contribution >= 0.6 is 0 Å². The van der Waals surface area contributed by atoms with E-state index >= 15 is 0 Å². The number of benzene rings is 4. The molecule has 0 heterocycles. The number of carboxylic acid groups (broad SMARTS) is 2. The minimum atomic E-state index is -0.961. The van der Waals surface area contributed by atoms with Crippen LogP contribution < -0.4 is 0 Å². The lowest BCUT2D eigenvalue weighted by Gasteiger charge is -2.22. The van der Waals surface area contributed by atoms with Gasteiger partial charge in [-0.3, -0.25) is 9.80 Å². The highest BCUT2D eigenvalue weighted by Crippen LogP contribution is 2.11. The van der Waals surface area contributed by atoms with Crippen LogP contribution in [-0.2, 0) is 54.7 Å². The van der Waals surface area contributed by atoms with Gasteiger partial charge in [-0.05, 0) is 22.3 Å². The van der Waals surface area contributed by atoms with Crippen molar-refractivity contribution >= 4 is 11.9 Å². The van der Waals surface area contributed by atoms with Crippen molar-refractivity contribution in [2.45, 2.75) is 26.2 Å². The quantitative estimate of drug-likeness (QED) is 0.0901. The highest BCUT2D eigenvalue weighted by atomic mass is 16.5. The third-order valence-corrected chi connectivity index (χ3v) is 7.29. The van der Waals surface area contributed by atoms with E-state index in [0.717, 1.165) is 39.3 Å². The van der Waals surface area contributed by atoms with Crippen molar-refractivity contribution in [1.29, 1.82) is 0 Å². The predicted octanol–water partition coefficient (Wildman–Crippen LogP) is 5.61. The average molecular weight is 687 g/mol. The highest BCUT2D eigenvalue weighted by Gasteiger charge is 2.09. The summed E-state index contributed by atoms with van der Waals surface area (Å²) in [5, 5.41) is 17.0. The van der Waals surface area contributed by atoms with Crippen molar-refractivity contribution in [3.63, 3.8) is 0 Å². The van der Waals surface area contributed by atoms with Crippen molar-refractivity contribution in [2.24, 2.45) is 0 Å². The molecule has 2 N–H and O–H groups in total. The van der Waals surface area contributed by atoms with Crippen LogP contribution in [0.5, 0.6) is 0 Å². The second-order valence-electron chi connectivity index (χ2n) is 11.5. The van der Waals surface area contributed by atoms with Gasteiger partial charge in [0.2, 0.25) is 0 Å². The van der Waals surface area contributed by atoms with E-state index in [4.69, 9.17) is 29.2 Å². The second-order valence-corrected chi connectivity index (χ2v) is 11.5. The third-order valence-electron chi connectivity index (χ3n) is 7.29. The van der Waals surface area contributed by atoms with Crippen LogP contribution in [0, 0.1) is 0 Å². The zero-order valence-corrected chi connectivity index (χ0v) is 28.7. The topological polar surface area (TPSA) is 118 Å². The Morgan fingerprint density at radius 2 is 0.660 bits per heavy atom. The average Bonchev–Trinajstić information content (AvgIpc) is 3.12. The first kappa shape index (κ1) is 40.0. The molecule has 4 rings (SSSR count). The lowest BCUT2D eigenvalue weighted by Crippen LogP contribution is -2.27. The number of carboxylic acids is 2. The summed E-state index contributed by atoms with van der Waals surface area (Å²) in [7, 11) is 0. The van der Waals surface area contributed by atoms with E-state index in [1.54, 1.807) is 0 Å². The molecule has 0 radical (unpaired) electrons. The molecule has 0 saturated carbocycles. The molecule has 0 unspecified atom stereocenters. The molecule has 0 bridgehead atoms. The van der Waals surface area contributed by atoms with Gasteiger partial charge in [-0.15, -0.1) is 0 Å². The molecule has 0 spiro atoms. The molecule has 0 amide bonds. The molecule has 0 atom stereocenters. The molecule has 10 nitrogen and oxygen atoms in total. The largest absolute Gasteiger partial charge is 0.480 e. The molecule has 50 heavy (non-hydrogen) atoms. The monoisotopic (exact) mass is 686 g/mol. The molecular weight excluding hydrogens is 636 g/mol. The van der Waals surface area contributed by atoms with Gasteiger partial charge in [-0.2, -0.15) is 0 Å². The summed E-state index contributed by atoms with van der Waals surface area (Å²) in [5.74, 6) is -1.92. The number of hydrogen-bond donors (Lipinski definition) is 2. The fourth-order valence-electron chi connectivity index (χ4n) is 4.94. The fraction of sp³-hybridized carbons (Fsp3) is 0.350. The van der Waals surface area contributed by atoms with Crippen LogP contribution in [0.4, 0.5) is 0 Å². The zero-order valence-electron chi connectivity index (χ0n) is 28.7. The number of carbonyl (C=O) groups is 2. The van der Waals surface area contributed by atoms with Crippen LogP contribution in [-0.4, -0.2) is 97.9 Å². The highest BCUT2D eigenvalue weighted by molar-refractivity contribution is 5.68. The van der Waals surface area contributed by atoms with E-state index in [2.05, 4.69) is 58.3 Å². The Labute approximate surface area is 295 Å². The standard InChI is InChI=1S/2C20H25NO4/c2*22-20(23)17-25-14-13-24-12-11-21(15-18-7-3-1-4-8-18)16-19-9-5-2-6-10-19/h2*1-10H,11-17H2,(H,22,23). The van der Waals surface area contributed by atoms with Crippen LogP contribution in [0.25, 0.3) is 0 Å². The van der Waals surface area contributed by atoms with Crippen molar-refractivity contribution in [2.75, 3.05) is 65.9 Å². The van der Waals surface area contributed by atoms with Gasteiger partial charge in [0.05, 0.1) is 39.6 Å². The smallest absolute Gasteiger partial charge is 0.329 e. The van der Waals surface area contributed by atoms with Gasteiger partial charge in [0.25, 0.3) is 0 Å². The molecule has 0 aliphatic rings. The van der Waals surface area contributed by atoms with Gasteiger partial charge in [0.15, 0.2) is 0 Å². The lowest BCUT2D eigenvalue weighted by atomic mass is 10.1. The number of nitrogens with zero attached hydrogens (tertiary/aromatic N) is 2. The summed E-state index contributed by atoms with van der Waals surface area (Å²) >= 11 is 0. The van der Waals surface area contributed by atoms with Crippen LogP contribution in [0.1, 0.15) is 22.3 Å². The van der Waals surface area contributed by atoms with Gasteiger partial charge in [0.1, 0.15) is 13.2 Å². The molecule has 0 aliphatic carbocycles. The summed E-state index contributed by atoms with van der Waals surface area (Å²) in [6, 6.07) is 41.4. The molecular formula is C40H50N2O8. The molecule has 4 aromatic rings. The zero-order chi connectivity index (χ0) is 35.5. The molecule has 0 fully saturated rings. The van der Waals surface area contributed by atoms with Gasteiger partial charge >= 0.3 is 11.9 Å². The molecule has 0 saturated heterocycles. The minimum Gasteiger partial charge on any atom is -0.480 e. The van der Waals surface area contributed by atoms with Crippen molar-refractivity contribution in [1.82, 2.24) is 9.80 Å². The van der Waals surface area contributed by atoms with Gasteiger partial charge < -0.3 is 29.2 Å². The Morgan fingerprint density at radius 3 is 0.920 bits per heavy atom. The molecule has 4 aromatic carbocycles. The summed E-state index contributed by atoms with van der Waals surface area (Å²) < 4.78 is 21.0. The second kappa shape index (κ2) is 25.5. The van der Waals surface area contributed by atoms with Gasteiger partial charge in [-0.25, -0.2) is 9.59 Å². The lowest BCUT2D eigenvalue weighted by molar-refractivity contribution is -0.143. The molecule has 10 heteroatoms. The maximum atomic E-state index is 10.4. The number of aliphatic carboxylic acids is 2. The summed E-state index contributed by atoms with van der Waals surface area (Å²) in [4.78, 5) is 25.4. The molecule has 0 aromatic heterocycles. The van der Waals surface area contributed by atoms with Crippen LogP contribution in [0.3, 0.4) is 0 Å². The molecule has 268 valence electrons. The van der Waals surface area contributed by atoms with Gasteiger partial charge in [0, 0.05) is 39.3 Å². The summed E-state index contributed by atoms with van der Waals surface area (Å²) in [6.45, 7) is 7.00. The first-order chi connectivity index (χ1) is 24.5. The van der Waals surface area contributed by atoms with Crippen molar-refractivity contribution < 1.29 is 38.7 Å². The summed E-state index contributed by atoms with van der Waals surface area (Å²) in [5.41, 5.74) is 5.07. The first-order valence-electron chi connectivity index (χ1n) is 16.8. The Kier molecular flexibility index (Phi) is 20.4. The minimum absolute atomic E-state index is 0.280. The normalized spacial score (nSPS) is 10.9. The Bertz CT molecular complexity index is 1240. The number of ether oxygens (including phenoxy) is 4. The number of rotatable bonds is 24. The third kappa shape index (κ3) is 19.5. The predicted molar refractivity (Wildman–Crippen MR) is 193 cm³/mol. The van der Waals surface area contributed by atoms with E-state index in [-0.39, 0.29) is 13.2 Å². The number of hydrogen-bond acceptors (Lipinski definition) is 8. The SMILES string of the molecule is O=C(O)COCCOCCN(Cc1ccccc1)Cc1ccccc1.O=C(O)COCCOCCN(Cc1ccccc1)Cc1ccccc1. The van der Waals surface area contributed by atoms with Crippen molar-refractivity contribution in [3.05, 3.63) is 144 Å².